The van der Waals surface area contributed by atoms with Crippen LogP contribution >= 0.6 is 0 Å². The molecule has 0 N–H and O–H groups in total. The number of methoxy groups -OCH3 is 1. The molecule has 0 aromatic carbocycles. The van der Waals surface area contributed by atoms with Crippen molar-refractivity contribution in [1.29, 1.82) is 0 Å². The first-order chi connectivity index (χ1) is 10.9. The Morgan fingerprint density at radius 1 is 1.17 bits per heavy atom. The van der Waals surface area contributed by atoms with E-state index in [1.165, 1.54) is 12.8 Å². The summed E-state index contributed by atoms with van der Waals surface area (Å²) in [7, 11) is 1.76. The Hall–Kier alpha value is -0.160. The minimum atomic E-state index is -0.275. The van der Waals surface area contributed by atoms with Crippen molar-refractivity contribution in [2.24, 2.45) is 11.3 Å². The molecular weight excluding hydrogens is 290 g/mol. The van der Waals surface area contributed by atoms with E-state index in [0.717, 1.165) is 51.3 Å². The lowest BCUT2D eigenvalue weighted by Gasteiger charge is -2.41. The highest BCUT2D eigenvalue weighted by molar-refractivity contribution is 4.88. The lowest BCUT2D eigenvalue weighted by Crippen LogP contribution is -2.39. The van der Waals surface area contributed by atoms with E-state index in [1.807, 2.05) is 0 Å². The van der Waals surface area contributed by atoms with E-state index >= 15 is 0 Å². The molecule has 1 atom stereocenters. The second-order valence-electron chi connectivity index (χ2n) is 8.43. The van der Waals surface area contributed by atoms with Crippen LogP contribution in [0.15, 0.2) is 0 Å². The predicted octanol–water partition coefficient (Wildman–Crippen LogP) is 4.04. The van der Waals surface area contributed by atoms with Crippen LogP contribution in [-0.4, -0.2) is 50.3 Å². The first kappa shape index (κ1) is 19.2. The van der Waals surface area contributed by atoms with Gasteiger partial charge in [-0.15, -0.1) is 0 Å². The maximum absolute atomic E-state index is 6.37. The first-order valence-corrected chi connectivity index (χ1v) is 9.41. The molecule has 0 bridgehead atoms. The fraction of sp³-hybridized carbons (Fsp3) is 1.00. The molecule has 0 aromatic rings. The first-order valence-electron chi connectivity index (χ1n) is 9.41. The van der Waals surface area contributed by atoms with E-state index in [9.17, 15) is 0 Å². The zero-order chi connectivity index (χ0) is 16.9. The van der Waals surface area contributed by atoms with Gasteiger partial charge in [0.1, 0.15) is 0 Å². The second-order valence-corrected chi connectivity index (χ2v) is 8.43. The van der Waals surface area contributed by atoms with Gasteiger partial charge in [-0.05, 0) is 37.0 Å². The van der Waals surface area contributed by atoms with Gasteiger partial charge in [0.25, 0.3) is 0 Å². The molecule has 23 heavy (non-hydrogen) atoms. The van der Waals surface area contributed by atoms with Crippen LogP contribution in [0.4, 0.5) is 0 Å². The van der Waals surface area contributed by atoms with Gasteiger partial charge < -0.3 is 14.2 Å². The Labute approximate surface area is 142 Å². The number of hydrogen-bond donors (Lipinski definition) is 0. The Morgan fingerprint density at radius 3 is 2.43 bits per heavy atom. The van der Waals surface area contributed by atoms with Crippen molar-refractivity contribution < 1.29 is 14.2 Å². The van der Waals surface area contributed by atoms with Crippen molar-refractivity contribution in [1.82, 2.24) is 4.90 Å². The molecule has 1 aliphatic heterocycles. The summed E-state index contributed by atoms with van der Waals surface area (Å²) >= 11 is 0. The molecule has 136 valence electrons. The van der Waals surface area contributed by atoms with Gasteiger partial charge in [-0.25, -0.2) is 0 Å². The number of rotatable bonds is 7. The van der Waals surface area contributed by atoms with Gasteiger partial charge in [-0.3, -0.25) is 4.90 Å². The molecule has 1 heterocycles. The molecule has 1 saturated heterocycles. The molecule has 2 fully saturated rings. The van der Waals surface area contributed by atoms with Crippen molar-refractivity contribution in [2.75, 3.05) is 33.5 Å². The molecule has 0 amide bonds. The van der Waals surface area contributed by atoms with Crippen LogP contribution in [0.3, 0.4) is 0 Å². The maximum Gasteiger partial charge on any atom is 0.168 e. The molecule has 2 aliphatic rings. The highest BCUT2D eigenvalue weighted by Gasteiger charge is 2.45. The molecule has 1 aliphatic carbocycles. The van der Waals surface area contributed by atoms with Crippen LogP contribution in [-0.2, 0) is 14.2 Å². The zero-order valence-corrected chi connectivity index (χ0v) is 15.9. The van der Waals surface area contributed by atoms with Crippen molar-refractivity contribution >= 4 is 0 Å². The van der Waals surface area contributed by atoms with Gasteiger partial charge in [0, 0.05) is 33.0 Å². The third kappa shape index (κ3) is 5.42. The topological polar surface area (TPSA) is 30.9 Å². The lowest BCUT2D eigenvalue weighted by atomic mass is 9.71. The van der Waals surface area contributed by atoms with Gasteiger partial charge >= 0.3 is 0 Å². The zero-order valence-electron chi connectivity index (χ0n) is 15.9. The fourth-order valence-corrected chi connectivity index (χ4v) is 4.01. The number of nitrogens with zero attached hydrogens (tertiary/aromatic N) is 1. The summed E-state index contributed by atoms with van der Waals surface area (Å²) in [6, 6.07) is 0. The van der Waals surface area contributed by atoms with Crippen molar-refractivity contribution in [3.63, 3.8) is 0 Å². The Balaban J connectivity index is 1.76. The van der Waals surface area contributed by atoms with Crippen LogP contribution in [0.1, 0.15) is 66.2 Å². The van der Waals surface area contributed by atoms with E-state index in [-0.39, 0.29) is 11.9 Å². The Bertz CT molecular complexity index is 339. The third-order valence-corrected chi connectivity index (χ3v) is 5.50. The largest absolute Gasteiger partial charge is 0.369 e. The summed E-state index contributed by atoms with van der Waals surface area (Å²) in [6.07, 6.45) is 7.00. The summed E-state index contributed by atoms with van der Waals surface area (Å²) < 4.78 is 17.8. The quantitative estimate of drug-likeness (QED) is 0.660. The van der Waals surface area contributed by atoms with Gasteiger partial charge in [-0.1, -0.05) is 27.7 Å². The molecule has 0 radical (unpaired) electrons. The minimum absolute atomic E-state index is 0.248. The van der Waals surface area contributed by atoms with Crippen LogP contribution in [0.5, 0.6) is 0 Å². The second kappa shape index (κ2) is 8.28. The molecule has 4 heteroatoms. The van der Waals surface area contributed by atoms with E-state index in [0.29, 0.717) is 12.1 Å². The van der Waals surface area contributed by atoms with Crippen LogP contribution in [0.25, 0.3) is 0 Å². The normalized spacial score (nSPS) is 32.1. The number of ether oxygens (including phenoxy) is 3. The van der Waals surface area contributed by atoms with E-state index < -0.39 is 0 Å². The van der Waals surface area contributed by atoms with Crippen LogP contribution in [0, 0.1) is 11.3 Å². The standard InChI is InChI=1S/C19H37NO3/c1-6-12-20(15-21-5)13-9-17-14-22-19(23-17)10-7-16(8-11-19)18(2,3)4/h16-17H,6-15H2,1-5H3. The SMILES string of the molecule is CCCN(CCC1COC2(CCC(C(C)(C)C)CC2)O1)COC. The molecular formula is C19H37NO3. The van der Waals surface area contributed by atoms with Crippen molar-refractivity contribution in [3.8, 4) is 0 Å². The average molecular weight is 328 g/mol. The summed E-state index contributed by atoms with van der Waals surface area (Å²) in [6.45, 7) is 12.8. The van der Waals surface area contributed by atoms with E-state index in [1.54, 1.807) is 7.11 Å². The minimum Gasteiger partial charge on any atom is -0.369 e. The highest BCUT2D eigenvalue weighted by atomic mass is 16.7. The maximum atomic E-state index is 6.37. The monoisotopic (exact) mass is 327 g/mol. The Morgan fingerprint density at radius 2 is 1.87 bits per heavy atom. The molecule has 1 spiro atoms. The lowest BCUT2D eigenvalue weighted by molar-refractivity contribution is -0.197. The molecule has 1 unspecified atom stereocenters. The highest BCUT2D eigenvalue weighted by Crippen LogP contribution is 2.45. The Kier molecular flexibility index (Phi) is 6.90. The third-order valence-electron chi connectivity index (χ3n) is 5.50. The smallest absolute Gasteiger partial charge is 0.168 e. The van der Waals surface area contributed by atoms with Crippen LogP contribution in [0.2, 0.25) is 0 Å². The van der Waals surface area contributed by atoms with Crippen molar-refractivity contribution in [3.05, 3.63) is 0 Å². The van der Waals surface area contributed by atoms with Gasteiger partial charge in [0.05, 0.1) is 19.4 Å². The van der Waals surface area contributed by atoms with E-state index in [4.69, 9.17) is 14.2 Å². The summed E-state index contributed by atoms with van der Waals surface area (Å²) in [5.41, 5.74) is 0.403. The molecule has 4 nitrogen and oxygen atoms in total. The van der Waals surface area contributed by atoms with Gasteiger partial charge in [-0.2, -0.15) is 0 Å². The average Bonchev–Trinajstić information content (AvgIpc) is 2.88. The van der Waals surface area contributed by atoms with Gasteiger partial charge in [0.15, 0.2) is 5.79 Å². The predicted molar refractivity (Wildman–Crippen MR) is 93.3 cm³/mol. The van der Waals surface area contributed by atoms with Crippen molar-refractivity contribution in [2.45, 2.75) is 78.1 Å². The summed E-state index contributed by atoms with van der Waals surface area (Å²) in [5.74, 6) is 0.518. The fourth-order valence-electron chi connectivity index (χ4n) is 4.01. The van der Waals surface area contributed by atoms with Gasteiger partial charge in [0.2, 0.25) is 0 Å². The molecule has 0 aromatic heterocycles. The number of hydrogen-bond acceptors (Lipinski definition) is 4. The summed E-state index contributed by atoms with van der Waals surface area (Å²) in [5, 5.41) is 0. The van der Waals surface area contributed by atoms with E-state index in [2.05, 4.69) is 32.6 Å². The molecule has 2 rings (SSSR count). The summed E-state index contributed by atoms with van der Waals surface area (Å²) in [4.78, 5) is 2.35. The van der Waals surface area contributed by atoms with Crippen LogP contribution < -0.4 is 0 Å². The molecule has 1 saturated carbocycles.